The molecule has 0 saturated heterocycles. The zero-order valence-corrected chi connectivity index (χ0v) is 12.0. The Labute approximate surface area is 123 Å². The minimum absolute atomic E-state index is 0. The summed E-state index contributed by atoms with van der Waals surface area (Å²) in [5, 5.41) is 0. The first-order valence-corrected chi connectivity index (χ1v) is 6.00. The van der Waals surface area contributed by atoms with Crippen LogP contribution in [0.5, 0.6) is 0 Å². The van der Waals surface area contributed by atoms with Crippen molar-refractivity contribution in [2.24, 2.45) is 0 Å². The van der Waals surface area contributed by atoms with Gasteiger partial charge < -0.3 is 0 Å². The molecule has 0 atom stereocenters. The summed E-state index contributed by atoms with van der Waals surface area (Å²) in [4.78, 5) is 0. The molecular weight excluding hydrogens is 302 g/mol. The number of aryl methyl sites for hydroxylation is 2. The van der Waals surface area contributed by atoms with E-state index >= 15 is 0 Å². The number of benzene rings is 2. The van der Waals surface area contributed by atoms with Crippen molar-refractivity contribution in [2.45, 2.75) is 13.8 Å². The van der Waals surface area contributed by atoms with Gasteiger partial charge in [0, 0.05) is 0 Å². The van der Waals surface area contributed by atoms with E-state index in [0.29, 0.717) is 0 Å². The van der Waals surface area contributed by atoms with Crippen molar-refractivity contribution in [2.75, 3.05) is 0 Å². The van der Waals surface area contributed by atoms with Gasteiger partial charge in [-0.05, 0) is 3.57 Å². The minimum Gasteiger partial charge on any atom is -0.142 e. The van der Waals surface area contributed by atoms with Crippen LogP contribution in [0.4, 0.5) is 0 Å². The van der Waals surface area contributed by atoms with Gasteiger partial charge in [0.15, 0.2) is 0 Å². The molecule has 0 amide bonds. The minimum atomic E-state index is 0. The van der Waals surface area contributed by atoms with Crippen LogP contribution in [0, 0.1) is 23.5 Å². The van der Waals surface area contributed by atoms with Crippen molar-refractivity contribution in [3.05, 3.63) is 57.2 Å². The van der Waals surface area contributed by atoms with Gasteiger partial charge in [-0.1, -0.05) is 66.3 Å². The molecule has 0 bridgehead atoms. The predicted molar refractivity (Wildman–Crippen MR) is 72.9 cm³/mol. The fourth-order valence-corrected chi connectivity index (χ4v) is 2.40. The Morgan fingerprint density at radius 1 is 1.06 bits per heavy atom. The van der Waals surface area contributed by atoms with Gasteiger partial charge in [0.25, 0.3) is 0 Å². The van der Waals surface area contributed by atoms with Gasteiger partial charge >= 0.3 is 18.9 Å². The Hall–Kier alpha value is -0.233. The van der Waals surface area contributed by atoms with E-state index in [1.54, 1.807) is 0 Å². The van der Waals surface area contributed by atoms with Crippen molar-refractivity contribution >= 4 is 22.6 Å². The normalized spacial score (nSPS) is 9.69. The zero-order chi connectivity index (χ0) is 10.8. The van der Waals surface area contributed by atoms with Crippen LogP contribution >= 0.6 is 22.6 Å². The standard InChI is InChI=1S/C14H12I.Li/c1-10-7-11(2)9-12(8-10)13-5-3-4-6-14(13)15;/h3-8H,1-2H3;/q-1;+1. The van der Waals surface area contributed by atoms with Crippen LogP contribution in [0.25, 0.3) is 11.1 Å². The van der Waals surface area contributed by atoms with E-state index in [-0.39, 0.29) is 18.9 Å². The fourth-order valence-electron chi connectivity index (χ4n) is 1.72. The zero-order valence-electron chi connectivity index (χ0n) is 9.84. The van der Waals surface area contributed by atoms with E-state index in [1.165, 1.54) is 25.8 Å². The van der Waals surface area contributed by atoms with Crippen molar-refractivity contribution in [3.8, 4) is 11.1 Å². The van der Waals surface area contributed by atoms with Gasteiger partial charge in [0.05, 0.1) is 0 Å². The molecule has 0 saturated carbocycles. The van der Waals surface area contributed by atoms with Crippen LogP contribution in [-0.4, -0.2) is 0 Å². The first kappa shape index (κ1) is 13.8. The molecule has 0 heterocycles. The Kier molecular flexibility index (Phi) is 5.11. The molecule has 76 valence electrons. The maximum atomic E-state index is 3.40. The van der Waals surface area contributed by atoms with Crippen molar-refractivity contribution in [1.82, 2.24) is 0 Å². The Morgan fingerprint density at radius 2 is 1.75 bits per heavy atom. The van der Waals surface area contributed by atoms with Crippen LogP contribution in [0.2, 0.25) is 0 Å². The molecule has 0 nitrogen and oxygen atoms in total. The Morgan fingerprint density at radius 3 is 2.38 bits per heavy atom. The monoisotopic (exact) mass is 314 g/mol. The van der Waals surface area contributed by atoms with E-state index in [9.17, 15) is 0 Å². The quantitative estimate of drug-likeness (QED) is 0.424. The molecule has 16 heavy (non-hydrogen) atoms. The molecule has 0 aliphatic heterocycles. The average molecular weight is 314 g/mol. The third-order valence-electron chi connectivity index (χ3n) is 2.31. The predicted octanol–water partition coefficient (Wildman–Crippen LogP) is 1.38. The molecule has 0 fully saturated rings. The van der Waals surface area contributed by atoms with Gasteiger partial charge in [-0.15, -0.1) is 34.9 Å². The molecule has 0 unspecified atom stereocenters. The molecule has 0 aliphatic rings. The van der Waals surface area contributed by atoms with Crippen LogP contribution in [0.3, 0.4) is 0 Å². The van der Waals surface area contributed by atoms with Gasteiger partial charge in [-0.3, -0.25) is 0 Å². The van der Waals surface area contributed by atoms with Crippen LogP contribution in [0.1, 0.15) is 11.1 Å². The van der Waals surface area contributed by atoms with Crippen molar-refractivity contribution in [1.29, 1.82) is 0 Å². The molecule has 0 aliphatic carbocycles. The Bertz CT molecular complexity index is 472. The molecular formula is C14H12ILi. The molecule has 0 radical (unpaired) electrons. The second kappa shape index (κ2) is 5.91. The third-order valence-corrected chi connectivity index (χ3v) is 3.25. The molecule has 2 aromatic carbocycles. The summed E-state index contributed by atoms with van der Waals surface area (Å²) in [6.45, 7) is 4.21. The van der Waals surface area contributed by atoms with Gasteiger partial charge in [0.2, 0.25) is 0 Å². The summed E-state index contributed by atoms with van der Waals surface area (Å²) in [6, 6.07) is 16.1. The van der Waals surface area contributed by atoms with E-state index in [2.05, 4.69) is 78.9 Å². The summed E-state index contributed by atoms with van der Waals surface area (Å²) >= 11 is 2.37. The fraction of sp³-hybridized carbons (Fsp3) is 0.143. The first-order chi connectivity index (χ1) is 7.16. The summed E-state index contributed by atoms with van der Waals surface area (Å²) in [5.41, 5.74) is 4.95. The largest absolute Gasteiger partial charge is 1.00 e. The summed E-state index contributed by atoms with van der Waals surface area (Å²) < 4.78 is 1.27. The molecule has 0 N–H and O–H groups in total. The Balaban J connectivity index is 0.00000128. The first-order valence-electron chi connectivity index (χ1n) is 4.92. The molecule has 0 spiro atoms. The number of hydrogen-bond donors (Lipinski definition) is 0. The third kappa shape index (κ3) is 3.13. The van der Waals surface area contributed by atoms with Crippen LogP contribution in [0.15, 0.2) is 36.4 Å². The molecule has 2 rings (SSSR count). The van der Waals surface area contributed by atoms with Gasteiger partial charge in [-0.2, -0.15) is 0 Å². The summed E-state index contributed by atoms with van der Waals surface area (Å²) in [6.07, 6.45) is 0. The van der Waals surface area contributed by atoms with E-state index < -0.39 is 0 Å². The van der Waals surface area contributed by atoms with Crippen molar-refractivity contribution < 1.29 is 18.9 Å². The number of halogens is 1. The molecule has 0 aromatic heterocycles. The average Bonchev–Trinajstić information content (AvgIpc) is 2.16. The number of rotatable bonds is 1. The van der Waals surface area contributed by atoms with Crippen LogP contribution in [-0.2, 0) is 0 Å². The maximum absolute atomic E-state index is 3.40. The maximum Gasteiger partial charge on any atom is 1.00 e. The second-order valence-corrected chi connectivity index (χ2v) is 4.90. The molecule has 2 aromatic rings. The second-order valence-electron chi connectivity index (χ2n) is 3.73. The van der Waals surface area contributed by atoms with E-state index in [1.807, 2.05) is 0 Å². The number of hydrogen-bond acceptors (Lipinski definition) is 0. The van der Waals surface area contributed by atoms with Crippen LogP contribution < -0.4 is 18.9 Å². The SMILES string of the molecule is Cc1[c-]c(-c2ccccc2I)cc(C)c1.[Li+]. The summed E-state index contributed by atoms with van der Waals surface area (Å²) in [7, 11) is 0. The van der Waals surface area contributed by atoms with E-state index in [4.69, 9.17) is 0 Å². The van der Waals surface area contributed by atoms with Gasteiger partial charge in [0.1, 0.15) is 0 Å². The smallest absolute Gasteiger partial charge is 0.142 e. The topological polar surface area (TPSA) is 0 Å². The molecule has 2 heteroatoms. The van der Waals surface area contributed by atoms with Gasteiger partial charge in [-0.25, -0.2) is 0 Å². The van der Waals surface area contributed by atoms with Crippen molar-refractivity contribution in [3.63, 3.8) is 0 Å². The van der Waals surface area contributed by atoms with E-state index in [0.717, 1.165) is 0 Å². The summed E-state index contributed by atoms with van der Waals surface area (Å²) in [5.74, 6) is 0.